The van der Waals surface area contributed by atoms with Gasteiger partial charge in [-0.3, -0.25) is 0 Å². The summed E-state index contributed by atoms with van der Waals surface area (Å²) in [5.74, 6) is 3.81. The molecular weight excluding hydrogens is 186 g/mol. The summed E-state index contributed by atoms with van der Waals surface area (Å²) in [4.78, 5) is 4.72. The first kappa shape index (κ1) is 9.37. The van der Waals surface area contributed by atoms with Gasteiger partial charge in [0.1, 0.15) is 5.82 Å². The molecule has 3 heteroatoms. The highest BCUT2D eigenvalue weighted by Crippen LogP contribution is 2.33. The van der Waals surface area contributed by atoms with E-state index in [2.05, 4.69) is 16.7 Å². The Kier molecular flexibility index (Phi) is 2.26. The Labute approximate surface area is 90.9 Å². The molecule has 1 saturated carbocycles. The van der Waals surface area contributed by atoms with E-state index in [1.165, 1.54) is 37.9 Å². The molecule has 0 bridgehead atoms. The molecule has 1 aromatic heterocycles. The Morgan fingerprint density at radius 3 is 2.80 bits per heavy atom. The predicted octanol–water partition coefficient (Wildman–Crippen LogP) is 2.52. The maximum atomic E-state index is 4.72. The largest absolute Gasteiger partial charge is 0.250 e. The van der Waals surface area contributed by atoms with E-state index in [0.29, 0.717) is 5.92 Å². The highest BCUT2D eigenvalue weighted by molar-refractivity contribution is 5.03. The molecule has 1 atom stereocenters. The minimum absolute atomic E-state index is 0.665. The van der Waals surface area contributed by atoms with Crippen LogP contribution in [0.25, 0.3) is 0 Å². The van der Waals surface area contributed by atoms with Crippen molar-refractivity contribution >= 4 is 0 Å². The molecule has 0 N–H and O–H groups in total. The van der Waals surface area contributed by atoms with Crippen LogP contribution in [0.1, 0.15) is 56.6 Å². The van der Waals surface area contributed by atoms with E-state index in [-0.39, 0.29) is 0 Å². The fraction of sp³-hybridized carbons (Fsp3) is 0.833. The molecule has 0 saturated heterocycles. The maximum absolute atomic E-state index is 4.72. The fourth-order valence-electron chi connectivity index (χ4n) is 2.84. The summed E-state index contributed by atoms with van der Waals surface area (Å²) in [7, 11) is 0. The molecule has 1 aliphatic carbocycles. The molecule has 1 aliphatic heterocycles. The number of aromatic nitrogens is 3. The average Bonchev–Trinajstić information content (AvgIpc) is 2.84. The topological polar surface area (TPSA) is 30.7 Å². The van der Waals surface area contributed by atoms with Crippen molar-refractivity contribution in [2.24, 2.45) is 5.92 Å². The summed E-state index contributed by atoms with van der Waals surface area (Å²) < 4.78 is 2.15. The molecule has 1 aromatic rings. The lowest BCUT2D eigenvalue weighted by Crippen LogP contribution is -2.18. The molecule has 2 heterocycles. The zero-order valence-corrected chi connectivity index (χ0v) is 9.45. The Bertz CT molecular complexity index is 350. The standard InChI is InChI=1S/C12H19N3/c1-9-6-7-11-13-12(14-15(11)8-9)10-4-2-3-5-10/h9-10H,2-8H2,1H3. The third-order valence-corrected chi connectivity index (χ3v) is 3.83. The van der Waals surface area contributed by atoms with Gasteiger partial charge in [0.05, 0.1) is 0 Å². The normalized spacial score (nSPS) is 26.9. The Balaban J connectivity index is 1.85. The van der Waals surface area contributed by atoms with E-state index >= 15 is 0 Å². The summed E-state index contributed by atoms with van der Waals surface area (Å²) in [5, 5.41) is 4.69. The first-order chi connectivity index (χ1) is 7.33. The lowest BCUT2D eigenvalue weighted by atomic mass is 10.0. The van der Waals surface area contributed by atoms with Gasteiger partial charge in [-0.2, -0.15) is 5.10 Å². The van der Waals surface area contributed by atoms with Crippen molar-refractivity contribution in [3.63, 3.8) is 0 Å². The number of hydrogen-bond donors (Lipinski definition) is 0. The first-order valence-electron chi connectivity index (χ1n) is 6.26. The lowest BCUT2D eigenvalue weighted by molar-refractivity contribution is 0.366. The molecule has 0 amide bonds. The van der Waals surface area contributed by atoms with Gasteiger partial charge >= 0.3 is 0 Å². The number of aryl methyl sites for hydroxylation is 1. The number of hydrogen-bond acceptors (Lipinski definition) is 2. The molecule has 0 spiro atoms. The number of fused-ring (bicyclic) bond motifs is 1. The third-order valence-electron chi connectivity index (χ3n) is 3.83. The second-order valence-corrected chi connectivity index (χ2v) is 5.19. The van der Waals surface area contributed by atoms with Crippen LogP contribution in [0.4, 0.5) is 0 Å². The van der Waals surface area contributed by atoms with Crippen LogP contribution in [0.2, 0.25) is 0 Å². The van der Waals surface area contributed by atoms with Crippen molar-refractivity contribution in [2.45, 2.75) is 57.9 Å². The van der Waals surface area contributed by atoms with Gasteiger partial charge < -0.3 is 0 Å². The van der Waals surface area contributed by atoms with E-state index in [0.717, 1.165) is 24.7 Å². The second kappa shape index (κ2) is 3.62. The third kappa shape index (κ3) is 1.68. The quantitative estimate of drug-likeness (QED) is 0.705. The van der Waals surface area contributed by atoms with Gasteiger partial charge in [0.2, 0.25) is 0 Å². The Morgan fingerprint density at radius 2 is 2.00 bits per heavy atom. The van der Waals surface area contributed by atoms with Gasteiger partial charge in [-0.25, -0.2) is 9.67 Å². The molecule has 0 aromatic carbocycles. The highest BCUT2D eigenvalue weighted by atomic mass is 15.4. The van der Waals surface area contributed by atoms with Crippen molar-refractivity contribution in [3.8, 4) is 0 Å². The predicted molar refractivity (Wildman–Crippen MR) is 58.7 cm³/mol. The lowest BCUT2D eigenvalue weighted by Gasteiger charge is -2.17. The number of nitrogens with zero attached hydrogens (tertiary/aromatic N) is 3. The molecule has 82 valence electrons. The molecule has 15 heavy (non-hydrogen) atoms. The van der Waals surface area contributed by atoms with Crippen LogP contribution in [0, 0.1) is 5.92 Å². The zero-order chi connectivity index (χ0) is 10.3. The van der Waals surface area contributed by atoms with Crippen molar-refractivity contribution in [1.29, 1.82) is 0 Å². The minimum atomic E-state index is 0.665. The van der Waals surface area contributed by atoms with E-state index in [9.17, 15) is 0 Å². The molecule has 1 fully saturated rings. The van der Waals surface area contributed by atoms with Crippen LogP contribution in [0.15, 0.2) is 0 Å². The summed E-state index contributed by atoms with van der Waals surface area (Å²) >= 11 is 0. The van der Waals surface area contributed by atoms with E-state index < -0.39 is 0 Å². The van der Waals surface area contributed by atoms with Crippen LogP contribution < -0.4 is 0 Å². The highest BCUT2D eigenvalue weighted by Gasteiger charge is 2.24. The first-order valence-corrected chi connectivity index (χ1v) is 6.26. The smallest absolute Gasteiger partial charge is 0.154 e. The zero-order valence-electron chi connectivity index (χ0n) is 9.45. The van der Waals surface area contributed by atoms with Gasteiger partial charge in [0.25, 0.3) is 0 Å². The molecule has 0 radical (unpaired) electrons. The van der Waals surface area contributed by atoms with Gasteiger partial charge in [0, 0.05) is 18.9 Å². The SMILES string of the molecule is CC1CCc2nc(C3CCCC3)nn2C1. The Hall–Kier alpha value is -0.860. The fourth-order valence-corrected chi connectivity index (χ4v) is 2.84. The van der Waals surface area contributed by atoms with Crippen molar-refractivity contribution < 1.29 is 0 Å². The molecular formula is C12H19N3. The van der Waals surface area contributed by atoms with E-state index in [1.807, 2.05) is 0 Å². The van der Waals surface area contributed by atoms with E-state index in [1.54, 1.807) is 0 Å². The summed E-state index contributed by atoms with van der Waals surface area (Å²) in [6, 6.07) is 0. The van der Waals surface area contributed by atoms with Crippen LogP contribution in [-0.2, 0) is 13.0 Å². The van der Waals surface area contributed by atoms with Gasteiger partial charge in [0.15, 0.2) is 5.82 Å². The summed E-state index contributed by atoms with van der Waals surface area (Å²) in [5.41, 5.74) is 0. The van der Waals surface area contributed by atoms with Crippen LogP contribution in [0.3, 0.4) is 0 Å². The van der Waals surface area contributed by atoms with Crippen LogP contribution in [0.5, 0.6) is 0 Å². The van der Waals surface area contributed by atoms with Crippen molar-refractivity contribution in [1.82, 2.24) is 14.8 Å². The van der Waals surface area contributed by atoms with Crippen molar-refractivity contribution in [2.75, 3.05) is 0 Å². The van der Waals surface area contributed by atoms with Gasteiger partial charge in [-0.15, -0.1) is 0 Å². The van der Waals surface area contributed by atoms with Crippen LogP contribution in [-0.4, -0.2) is 14.8 Å². The number of rotatable bonds is 1. The van der Waals surface area contributed by atoms with Gasteiger partial charge in [-0.05, 0) is 25.2 Å². The Morgan fingerprint density at radius 1 is 1.20 bits per heavy atom. The molecule has 3 rings (SSSR count). The average molecular weight is 205 g/mol. The van der Waals surface area contributed by atoms with Crippen LogP contribution >= 0.6 is 0 Å². The maximum Gasteiger partial charge on any atom is 0.154 e. The summed E-state index contributed by atoms with van der Waals surface area (Å²) in [6.07, 6.45) is 7.75. The molecule has 2 aliphatic rings. The second-order valence-electron chi connectivity index (χ2n) is 5.19. The van der Waals surface area contributed by atoms with Crippen molar-refractivity contribution in [3.05, 3.63) is 11.6 Å². The molecule has 1 unspecified atom stereocenters. The monoisotopic (exact) mass is 205 g/mol. The molecule has 3 nitrogen and oxygen atoms in total. The minimum Gasteiger partial charge on any atom is -0.250 e. The summed E-state index contributed by atoms with van der Waals surface area (Å²) in [6.45, 7) is 3.38. The van der Waals surface area contributed by atoms with Gasteiger partial charge in [-0.1, -0.05) is 19.8 Å². The van der Waals surface area contributed by atoms with E-state index in [4.69, 9.17) is 4.98 Å².